The van der Waals surface area contributed by atoms with Crippen molar-refractivity contribution < 1.29 is 48.8 Å². The summed E-state index contributed by atoms with van der Waals surface area (Å²) >= 11 is 11.8. The number of urea groups is 3. The van der Waals surface area contributed by atoms with Gasteiger partial charge in [-0.15, -0.1) is 0 Å². The van der Waals surface area contributed by atoms with Crippen molar-refractivity contribution in [3.05, 3.63) is 171 Å². The summed E-state index contributed by atoms with van der Waals surface area (Å²) in [6, 6.07) is 32.1. The Morgan fingerprint density at radius 1 is 0.406 bits per heavy atom. The minimum absolute atomic E-state index is 0. The molecule has 8 amide bonds. The molecule has 12 fully saturated rings. The van der Waals surface area contributed by atoms with Crippen molar-refractivity contribution >= 4 is 103 Å². The number of β-amino-alcohol motifs (C(OH)–C–C–N with tert-alkyl or cyclic N) is 3. The van der Waals surface area contributed by atoms with E-state index in [1.807, 2.05) is 66.0 Å². The van der Waals surface area contributed by atoms with Gasteiger partial charge in [0.25, 0.3) is 0 Å². The lowest BCUT2D eigenvalue weighted by Gasteiger charge is -2.52. The van der Waals surface area contributed by atoms with E-state index in [1.165, 1.54) is 16.7 Å². The van der Waals surface area contributed by atoms with Gasteiger partial charge in [0.15, 0.2) is 0 Å². The lowest BCUT2D eigenvalue weighted by molar-refractivity contribution is -0.0726. The van der Waals surface area contributed by atoms with Crippen LogP contribution in [0.2, 0.25) is 5.28 Å². The quantitative estimate of drug-likeness (QED) is 0.0529. The molecule has 3 spiro atoms. The first kappa shape index (κ1) is 105. The second-order valence-corrected chi connectivity index (χ2v) is 44.6. The number of halogens is 3. The molecule has 5 N–H and O–H groups in total. The number of ether oxygens (including phenoxy) is 2. The fraction of sp³-hybridized carbons (Fsp3) is 0.618. The van der Waals surface area contributed by atoms with E-state index >= 15 is 0 Å². The Labute approximate surface area is 837 Å². The molecule has 0 radical (unpaired) electrons. The smallest absolute Gasteiger partial charge is 0.410 e. The predicted octanol–water partition coefficient (Wildman–Crippen LogP) is 14.8. The SMILES string of the molecule is C.CC(C)(C)OC(=O)N1CCN(c2ncc(Br)cn2)CC1.CN(C)C1(c2ccccc2)CCC2(CC1)CN(c1cnc(N3CCN(C(=O)OC(C)(C)C)CC3)nc1)C(=O)N2CC1(O)CCC1.CN(C)C1(c2ccccc2)CCC2(CC1)CN(c1cnc(N3CCNCC3)nc1)C(=O)N2CC1(O)CCC1.CN(C)C1(c2ccccc2)CCC2(CC1)CNC(=O)N2CC1(O)CCC1.Clc1ncc(Br)cn1. The number of rotatable bonds is 17. The minimum Gasteiger partial charge on any atom is -0.444 e. The summed E-state index contributed by atoms with van der Waals surface area (Å²) in [7, 11) is 13.0. The van der Waals surface area contributed by atoms with Crippen molar-refractivity contribution in [2.24, 2.45) is 0 Å². The fourth-order valence-corrected chi connectivity index (χ4v) is 22.6. The minimum atomic E-state index is -0.810. The first-order chi connectivity index (χ1) is 65.2. The average molecular weight is 2050 g/mol. The molecule has 7 aromatic rings. The van der Waals surface area contributed by atoms with E-state index in [9.17, 15) is 39.3 Å². The first-order valence-corrected chi connectivity index (χ1v) is 50.9. The number of aromatic nitrogens is 8. The van der Waals surface area contributed by atoms with Gasteiger partial charge in [-0.25, -0.2) is 63.8 Å². The van der Waals surface area contributed by atoms with Crippen LogP contribution in [0.5, 0.6) is 0 Å². The number of benzene rings is 3. The highest BCUT2D eigenvalue weighted by molar-refractivity contribution is 9.10. The molecule has 10 heterocycles. The van der Waals surface area contributed by atoms with Gasteiger partial charge in [-0.05, 0) is 279 Å². The Morgan fingerprint density at radius 2 is 0.696 bits per heavy atom. The number of piperazine rings is 3. The number of aliphatic hydroxyl groups is 3. The van der Waals surface area contributed by atoms with Crippen LogP contribution in [0.1, 0.15) is 200 Å². The van der Waals surface area contributed by atoms with Crippen molar-refractivity contribution in [2.75, 3.05) is 185 Å². The van der Waals surface area contributed by atoms with Gasteiger partial charge in [0.2, 0.25) is 23.1 Å². The van der Waals surface area contributed by atoms with Crippen LogP contribution in [0, 0.1) is 0 Å². The molecule has 0 atom stereocenters. The maximum atomic E-state index is 14.2. The van der Waals surface area contributed by atoms with Crippen molar-refractivity contribution in [3.8, 4) is 0 Å². The van der Waals surface area contributed by atoms with E-state index in [2.05, 4.69) is 245 Å². The summed E-state index contributed by atoms with van der Waals surface area (Å²) in [6.07, 6.45) is 32.1. The number of nitrogens with zero attached hydrogens (tertiary/aromatic N) is 21. The van der Waals surface area contributed by atoms with Gasteiger partial charge in [-0.2, -0.15) is 0 Å². The van der Waals surface area contributed by atoms with Gasteiger partial charge in [0.1, 0.15) is 11.2 Å². The summed E-state index contributed by atoms with van der Waals surface area (Å²) in [6.45, 7) is 22.9. The molecule has 750 valence electrons. The summed E-state index contributed by atoms with van der Waals surface area (Å²) in [5.41, 5.74) is 1.24. The van der Waals surface area contributed by atoms with Gasteiger partial charge in [-0.3, -0.25) is 24.5 Å². The lowest BCUT2D eigenvalue weighted by Crippen LogP contribution is -2.59. The first-order valence-electron chi connectivity index (χ1n) is 49.0. The van der Waals surface area contributed by atoms with Gasteiger partial charge < -0.3 is 74.6 Å². The van der Waals surface area contributed by atoms with Crippen LogP contribution in [0.15, 0.2) is 150 Å². The summed E-state index contributed by atoms with van der Waals surface area (Å²) in [5.74, 6) is 1.99. The van der Waals surface area contributed by atoms with Crippen LogP contribution in [-0.2, 0) is 26.1 Å². The second kappa shape index (κ2) is 43.3. The molecule has 4 aromatic heterocycles. The third-order valence-electron chi connectivity index (χ3n) is 31.0. The summed E-state index contributed by atoms with van der Waals surface area (Å²) < 4.78 is 12.6. The molecule has 138 heavy (non-hydrogen) atoms. The van der Waals surface area contributed by atoms with Crippen LogP contribution in [0.3, 0.4) is 0 Å². The van der Waals surface area contributed by atoms with E-state index in [4.69, 9.17) is 21.1 Å². The molecule has 6 aliphatic carbocycles. The number of hydrogen-bond donors (Lipinski definition) is 5. The number of amides is 8. The summed E-state index contributed by atoms with van der Waals surface area (Å²) in [4.78, 5) is 126. The molecule has 0 unspecified atom stereocenters. The van der Waals surface area contributed by atoms with Crippen LogP contribution in [0.4, 0.5) is 53.2 Å². The van der Waals surface area contributed by atoms with Crippen molar-refractivity contribution in [1.82, 2.24) is 89.7 Å². The molecule has 6 saturated carbocycles. The highest BCUT2D eigenvalue weighted by atomic mass is 79.9. The maximum Gasteiger partial charge on any atom is 0.410 e. The van der Waals surface area contributed by atoms with Gasteiger partial charge in [-0.1, -0.05) is 98.4 Å². The van der Waals surface area contributed by atoms with Crippen LogP contribution >= 0.6 is 43.5 Å². The Hall–Kier alpha value is -9.30. The van der Waals surface area contributed by atoms with Gasteiger partial charge in [0.05, 0.1) is 111 Å². The van der Waals surface area contributed by atoms with Gasteiger partial charge in [0, 0.05) is 126 Å². The number of carbonyl (C=O) groups excluding carboxylic acids is 5. The highest BCUT2D eigenvalue weighted by Gasteiger charge is 2.60. The zero-order valence-electron chi connectivity index (χ0n) is 82.1. The number of carbonyl (C=O) groups is 5. The number of hydrogen-bond acceptors (Lipinski definition) is 25. The Kier molecular flexibility index (Phi) is 32.8. The molecule has 3 aromatic carbocycles. The third kappa shape index (κ3) is 23.5. The van der Waals surface area contributed by atoms with E-state index in [0.29, 0.717) is 115 Å². The van der Waals surface area contributed by atoms with E-state index in [-0.39, 0.29) is 76.2 Å². The molecule has 19 rings (SSSR count). The van der Waals surface area contributed by atoms with E-state index in [0.717, 1.165) is 176 Å². The largest absolute Gasteiger partial charge is 0.444 e. The molecule has 6 aliphatic heterocycles. The Balaban J connectivity index is 0.000000148. The average Bonchev–Trinajstić information content (AvgIpc) is 1.55. The molecular weight excluding hydrogens is 1900 g/mol. The second-order valence-electron chi connectivity index (χ2n) is 42.4. The highest BCUT2D eigenvalue weighted by Crippen LogP contribution is 2.55. The predicted molar refractivity (Wildman–Crippen MR) is 545 cm³/mol. The molecule has 33 nitrogen and oxygen atoms in total. The van der Waals surface area contributed by atoms with Crippen LogP contribution < -0.4 is 35.1 Å². The lowest BCUT2D eigenvalue weighted by atomic mass is 9.67. The normalized spacial score (nSPS) is 26.0. The molecule has 6 saturated heterocycles. The molecule has 0 bridgehead atoms. The zero-order chi connectivity index (χ0) is 97.6. The van der Waals surface area contributed by atoms with Crippen LogP contribution in [0.25, 0.3) is 0 Å². The van der Waals surface area contributed by atoms with E-state index in [1.54, 1.807) is 59.4 Å². The van der Waals surface area contributed by atoms with Crippen molar-refractivity contribution in [1.29, 1.82) is 0 Å². The molecular formula is C102H146Br2ClN23O10. The third-order valence-corrected chi connectivity index (χ3v) is 32.0. The zero-order valence-corrected chi connectivity index (χ0v) is 86.0. The topological polar surface area (TPSA) is 334 Å². The number of nitrogens with one attached hydrogen (secondary N) is 2. The molecule has 36 heteroatoms. The van der Waals surface area contributed by atoms with E-state index < -0.39 is 28.0 Å². The van der Waals surface area contributed by atoms with Gasteiger partial charge >= 0.3 is 30.3 Å². The van der Waals surface area contributed by atoms with Crippen LogP contribution in [-0.4, -0.2) is 329 Å². The maximum absolute atomic E-state index is 14.2. The monoisotopic (exact) mass is 2050 g/mol. The fourth-order valence-electron chi connectivity index (χ4n) is 22.1. The Bertz CT molecular complexity index is 5150. The Morgan fingerprint density at radius 3 is 0.986 bits per heavy atom. The van der Waals surface area contributed by atoms with Crippen molar-refractivity contribution in [2.45, 2.75) is 245 Å². The standard InChI is InChI=1S/C34H49N7O4.C29H41N7O2.C21H31N3O2.C13H19BrN4O2.C4H2BrClN2.CH4/c1-31(2,3)45-30(43)39-20-18-38(19-21-39)28-35-22-27(23-36-28)40-24-32(41(29(40)42)25-33(44)12-9-13-33)14-16-34(17-15-32,37(4)5)26-10-7-6-8-11-26;1-33(2)29(23-7-4-3-5-8-23)13-11-27(12-14-29)21-35(26(37)36(27)22-28(38)9-6-10-28)24-19-31-25(32-20-24)34-17-15-30-16-18-34;1-23(2)21(17-7-4-3-5-8-17)13-11-19(12-14-21)15-22-18(25)24(19)16-20(26)9-6-10-20;1-13(2,3)20-12(19)18-6-4-17(5-7-18)11-15-8-10(14)9-16-11;5-3-1-7-4(6)8-2-3;/h6-8,10-11,22-23,44H,9,12-21,24-25H2,1-5H3;3-5,7-8,19-20,30,38H,6,9-18,21-22H2,1-2H3;3-5,7-8,26H,6,9-16H2,1-2H3,(H,22,25);8-9H,4-7H2,1-3H3;1-2H;1H4. The molecule has 12 aliphatic rings. The summed E-state index contributed by atoms with van der Waals surface area (Å²) in [5, 5.41) is 39.7. The number of anilines is 5. The van der Waals surface area contributed by atoms with Crippen molar-refractivity contribution in [3.63, 3.8) is 0 Å².